The highest BCUT2D eigenvalue weighted by Gasteiger charge is 2.33. The summed E-state index contributed by atoms with van der Waals surface area (Å²) in [7, 11) is 0. The summed E-state index contributed by atoms with van der Waals surface area (Å²) in [5.41, 5.74) is 13.4. The highest BCUT2D eigenvalue weighted by Crippen LogP contribution is 2.55. The first-order valence-electron chi connectivity index (χ1n) is 20.9. The minimum Gasteiger partial charge on any atom is -0.453 e. The fourth-order valence-electron chi connectivity index (χ4n) is 9.00. The zero-order valence-corrected chi connectivity index (χ0v) is 33.9. The van der Waals surface area contributed by atoms with Gasteiger partial charge in [0.2, 0.25) is 0 Å². The van der Waals surface area contributed by atoms with Gasteiger partial charge in [0.05, 0.1) is 50.5 Å². The summed E-state index contributed by atoms with van der Waals surface area (Å²) in [5, 5.41) is 0. The van der Waals surface area contributed by atoms with Crippen LogP contribution in [0.1, 0.15) is 0 Å². The standard InChI is InChI=1S/C53H32N10O/c1-3-15-33(16-4-1)51-58-52(34-17-5-2-6-18-34)60-53(59-51)35-31-42(61-38-21-11-27-54-46(38)47-39(61)22-12-28-55-47)50(63-36-19-7-9-25-44(36)64-45-26-10-8-20-37(45)63)43(32-35)62-40-23-13-29-56-48(40)49-41(62)24-14-30-57-49/h1-32H. The van der Waals surface area contributed by atoms with Crippen molar-refractivity contribution in [2.75, 3.05) is 4.90 Å². The molecule has 1 aliphatic heterocycles. The Labute approximate surface area is 365 Å². The van der Waals surface area contributed by atoms with Crippen molar-refractivity contribution >= 4 is 61.2 Å². The van der Waals surface area contributed by atoms with E-state index in [9.17, 15) is 0 Å². The molecule has 0 saturated heterocycles. The summed E-state index contributed by atoms with van der Waals surface area (Å²) in [5.74, 6) is 3.05. The zero-order chi connectivity index (χ0) is 42.1. The van der Waals surface area contributed by atoms with Crippen molar-refractivity contribution < 1.29 is 4.74 Å². The lowest BCUT2D eigenvalue weighted by Crippen LogP contribution is -2.20. The number of para-hydroxylation sites is 4. The van der Waals surface area contributed by atoms with Gasteiger partial charge in [0.15, 0.2) is 29.0 Å². The first-order valence-corrected chi connectivity index (χ1v) is 20.9. The molecule has 8 heterocycles. The molecule has 0 aliphatic carbocycles. The minimum absolute atomic E-state index is 0.499. The maximum Gasteiger partial charge on any atom is 0.164 e. The Morgan fingerprint density at radius 2 is 0.688 bits per heavy atom. The van der Waals surface area contributed by atoms with Gasteiger partial charge >= 0.3 is 0 Å². The number of fused-ring (bicyclic) bond motifs is 8. The number of aromatic nitrogens is 9. The maximum absolute atomic E-state index is 6.65. The Bertz CT molecular complexity index is 3450. The van der Waals surface area contributed by atoms with E-state index in [-0.39, 0.29) is 0 Å². The third-order valence-corrected chi connectivity index (χ3v) is 11.7. The molecule has 0 fully saturated rings. The van der Waals surface area contributed by atoms with Crippen molar-refractivity contribution in [1.29, 1.82) is 0 Å². The Morgan fingerprint density at radius 3 is 1.09 bits per heavy atom. The van der Waals surface area contributed by atoms with Crippen LogP contribution in [0, 0.1) is 0 Å². The summed E-state index contributed by atoms with van der Waals surface area (Å²) in [6, 6.07) is 57.0. The molecule has 0 N–H and O–H groups in total. The van der Waals surface area contributed by atoms with Crippen LogP contribution in [0.2, 0.25) is 0 Å². The molecule has 0 bridgehead atoms. The Hall–Kier alpha value is -9.09. The Balaban J connectivity index is 1.24. The van der Waals surface area contributed by atoms with Gasteiger partial charge in [-0.15, -0.1) is 0 Å². The monoisotopic (exact) mass is 824 g/mol. The van der Waals surface area contributed by atoms with Crippen LogP contribution < -0.4 is 9.64 Å². The number of hydrogen-bond acceptors (Lipinski definition) is 9. The van der Waals surface area contributed by atoms with E-state index in [1.807, 2.05) is 146 Å². The van der Waals surface area contributed by atoms with Crippen molar-refractivity contribution in [2.24, 2.45) is 0 Å². The van der Waals surface area contributed by atoms with E-state index >= 15 is 0 Å². The number of nitrogens with zero attached hydrogens (tertiary/aromatic N) is 10. The van der Waals surface area contributed by atoms with Crippen molar-refractivity contribution in [3.8, 4) is 57.0 Å². The minimum atomic E-state index is 0.499. The molecular weight excluding hydrogens is 793 g/mol. The van der Waals surface area contributed by atoms with Crippen molar-refractivity contribution in [3.63, 3.8) is 0 Å². The predicted molar refractivity (Wildman–Crippen MR) is 251 cm³/mol. The predicted octanol–water partition coefficient (Wildman–Crippen LogP) is 12.2. The van der Waals surface area contributed by atoms with Gasteiger partial charge in [-0.05, 0) is 84.9 Å². The third kappa shape index (κ3) is 5.51. The van der Waals surface area contributed by atoms with Crippen LogP contribution in [0.15, 0.2) is 195 Å². The first kappa shape index (κ1) is 35.6. The highest BCUT2D eigenvalue weighted by atomic mass is 16.5. The topological polar surface area (TPSA) is 113 Å². The zero-order valence-electron chi connectivity index (χ0n) is 33.9. The first-order chi connectivity index (χ1) is 31.8. The summed E-state index contributed by atoms with van der Waals surface area (Å²) >= 11 is 0. The van der Waals surface area contributed by atoms with Gasteiger partial charge in [0, 0.05) is 41.5 Å². The van der Waals surface area contributed by atoms with E-state index in [1.54, 1.807) is 0 Å². The molecule has 64 heavy (non-hydrogen) atoms. The SMILES string of the molecule is c1ccc(-c2nc(-c3ccccc3)nc(-c3cc(-n4c5cccnc5c5ncccc54)c(N4c5ccccc5Oc5ccccc54)c(-n4c5cccnc5c5ncccc54)c3)n2)cc1. The summed E-state index contributed by atoms with van der Waals surface area (Å²) in [4.78, 5) is 37.6. The van der Waals surface area contributed by atoms with Crippen LogP contribution >= 0.6 is 0 Å². The average Bonchev–Trinajstić information content (AvgIpc) is 3.89. The van der Waals surface area contributed by atoms with Crippen LogP contribution in [0.3, 0.4) is 0 Å². The fourth-order valence-corrected chi connectivity index (χ4v) is 9.00. The normalized spacial score (nSPS) is 12.2. The second-order valence-electron chi connectivity index (χ2n) is 15.4. The Kier molecular flexibility index (Phi) is 7.94. The molecule has 11 nitrogen and oxygen atoms in total. The second-order valence-corrected chi connectivity index (χ2v) is 15.4. The van der Waals surface area contributed by atoms with Crippen LogP contribution in [0.5, 0.6) is 11.5 Å². The number of ether oxygens (including phenoxy) is 1. The average molecular weight is 825 g/mol. The largest absolute Gasteiger partial charge is 0.453 e. The number of rotatable bonds is 6. The number of pyridine rings is 4. The van der Waals surface area contributed by atoms with Crippen molar-refractivity contribution in [3.05, 3.63) is 195 Å². The smallest absolute Gasteiger partial charge is 0.164 e. The van der Waals surface area contributed by atoms with Gasteiger partial charge in [-0.3, -0.25) is 24.8 Å². The van der Waals surface area contributed by atoms with Crippen molar-refractivity contribution in [2.45, 2.75) is 0 Å². The lowest BCUT2D eigenvalue weighted by Gasteiger charge is -2.36. The van der Waals surface area contributed by atoms with Crippen LogP contribution in [0.4, 0.5) is 17.1 Å². The molecule has 0 radical (unpaired) electrons. The molecule has 0 unspecified atom stereocenters. The molecule has 0 spiro atoms. The molecular formula is C53H32N10O. The van der Waals surface area contributed by atoms with Crippen LogP contribution in [-0.2, 0) is 0 Å². The van der Waals surface area contributed by atoms with E-state index in [4.69, 9.17) is 39.6 Å². The van der Waals surface area contributed by atoms with E-state index in [0.717, 1.165) is 101 Å². The van der Waals surface area contributed by atoms with Crippen LogP contribution in [-0.4, -0.2) is 44.0 Å². The van der Waals surface area contributed by atoms with Gasteiger partial charge in [0.25, 0.3) is 0 Å². The van der Waals surface area contributed by atoms with E-state index in [1.165, 1.54) is 0 Å². The van der Waals surface area contributed by atoms with Gasteiger partial charge in [-0.25, -0.2) is 15.0 Å². The van der Waals surface area contributed by atoms with E-state index in [0.29, 0.717) is 17.5 Å². The van der Waals surface area contributed by atoms with Gasteiger partial charge in [-0.1, -0.05) is 84.9 Å². The fraction of sp³-hybridized carbons (Fsp3) is 0. The van der Waals surface area contributed by atoms with E-state index in [2.05, 4.69) is 62.6 Å². The molecule has 300 valence electrons. The maximum atomic E-state index is 6.65. The lowest BCUT2D eigenvalue weighted by atomic mass is 10.0. The van der Waals surface area contributed by atoms with Gasteiger partial charge in [-0.2, -0.15) is 0 Å². The molecule has 5 aromatic carbocycles. The Morgan fingerprint density at radius 1 is 0.328 bits per heavy atom. The quantitative estimate of drug-likeness (QED) is 0.162. The third-order valence-electron chi connectivity index (χ3n) is 11.7. The second kappa shape index (κ2) is 14.3. The highest BCUT2D eigenvalue weighted by molar-refractivity contribution is 6.09. The molecule has 13 rings (SSSR count). The summed E-state index contributed by atoms with van der Waals surface area (Å²) in [6.07, 6.45) is 7.27. The molecule has 0 amide bonds. The van der Waals surface area contributed by atoms with Crippen molar-refractivity contribution in [1.82, 2.24) is 44.0 Å². The summed E-state index contributed by atoms with van der Waals surface area (Å²) < 4.78 is 11.2. The summed E-state index contributed by atoms with van der Waals surface area (Å²) in [6.45, 7) is 0. The van der Waals surface area contributed by atoms with E-state index < -0.39 is 0 Å². The van der Waals surface area contributed by atoms with Gasteiger partial charge in [0.1, 0.15) is 22.1 Å². The van der Waals surface area contributed by atoms with Gasteiger partial charge < -0.3 is 13.9 Å². The van der Waals surface area contributed by atoms with Crippen LogP contribution in [0.25, 0.3) is 89.7 Å². The number of anilines is 3. The number of hydrogen-bond donors (Lipinski definition) is 0. The number of benzene rings is 5. The molecule has 1 aliphatic rings. The molecule has 12 aromatic rings. The molecule has 0 atom stereocenters. The molecule has 7 aromatic heterocycles. The molecule has 0 saturated carbocycles. The lowest BCUT2D eigenvalue weighted by molar-refractivity contribution is 0.477. The molecule has 11 heteroatoms.